The van der Waals surface area contributed by atoms with Crippen molar-refractivity contribution in [1.82, 2.24) is 5.32 Å². The molecule has 116 valence electrons. The summed E-state index contributed by atoms with van der Waals surface area (Å²) in [6, 6.07) is 5.54. The number of hydrogen-bond donors (Lipinski definition) is 2. The van der Waals surface area contributed by atoms with Crippen LogP contribution in [-0.4, -0.2) is 12.5 Å². The average Bonchev–Trinajstić information content (AvgIpc) is 2.83. The van der Waals surface area contributed by atoms with Crippen molar-refractivity contribution in [1.29, 1.82) is 0 Å². The van der Waals surface area contributed by atoms with Crippen LogP contribution in [-0.2, 0) is 0 Å². The third kappa shape index (κ3) is 4.23. The van der Waals surface area contributed by atoms with Gasteiger partial charge in [-0.2, -0.15) is 0 Å². The SMILES string of the molecule is Cc1cc(N)cc(C(=O)NCC2(CC(C)C)CCCC2)c1. The molecule has 21 heavy (non-hydrogen) atoms. The molecule has 0 heterocycles. The highest BCUT2D eigenvalue weighted by Crippen LogP contribution is 2.42. The average molecular weight is 288 g/mol. The van der Waals surface area contributed by atoms with Gasteiger partial charge < -0.3 is 11.1 Å². The number of carbonyl (C=O) groups is 1. The maximum Gasteiger partial charge on any atom is 0.251 e. The van der Waals surface area contributed by atoms with Crippen molar-refractivity contribution >= 4 is 11.6 Å². The molecule has 3 nitrogen and oxygen atoms in total. The Hall–Kier alpha value is -1.51. The van der Waals surface area contributed by atoms with Crippen LogP contribution >= 0.6 is 0 Å². The number of benzene rings is 1. The van der Waals surface area contributed by atoms with Crippen LogP contribution in [0.2, 0.25) is 0 Å². The van der Waals surface area contributed by atoms with E-state index < -0.39 is 0 Å². The van der Waals surface area contributed by atoms with E-state index >= 15 is 0 Å². The lowest BCUT2D eigenvalue weighted by Crippen LogP contribution is -2.36. The number of anilines is 1. The van der Waals surface area contributed by atoms with Gasteiger partial charge in [-0.1, -0.05) is 26.7 Å². The minimum absolute atomic E-state index is 0.000399. The highest BCUT2D eigenvalue weighted by Gasteiger charge is 2.34. The summed E-state index contributed by atoms with van der Waals surface area (Å²) in [6.45, 7) is 7.29. The van der Waals surface area contributed by atoms with Crippen LogP contribution in [0.4, 0.5) is 5.69 Å². The monoisotopic (exact) mass is 288 g/mol. The first-order valence-corrected chi connectivity index (χ1v) is 8.06. The van der Waals surface area contributed by atoms with E-state index in [4.69, 9.17) is 5.73 Å². The summed E-state index contributed by atoms with van der Waals surface area (Å²) in [5, 5.41) is 3.15. The summed E-state index contributed by atoms with van der Waals surface area (Å²) < 4.78 is 0. The number of aryl methyl sites for hydroxylation is 1. The van der Waals surface area contributed by atoms with Crippen molar-refractivity contribution in [2.45, 2.75) is 52.9 Å². The lowest BCUT2D eigenvalue weighted by molar-refractivity contribution is 0.0922. The van der Waals surface area contributed by atoms with Crippen LogP contribution in [0, 0.1) is 18.3 Å². The van der Waals surface area contributed by atoms with Gasteiger partial charge in [-0.05, 0) is 61.3 Å². The van der Waals surface area contributed by atoms with Crippen molar-refractivity contribution in [3.63, 3.8) is 0 Å². The first kappa shape index (κ1) is 15.9. The van der Waals surface area contributed by atoms with Gasteiger partial charge in [0.2, 0.25) is 0 Å². The fraction of sp³-hybridized carbons (Fsp3) is 0.611. The third-order valence-electron chi connectivity index (χ3n) is 4.49. The number of amides is 1. The smallest absolute Gasteiger partial charge is 0.251 e. The van der Waals surface area contributed by atoms with E-state index in [9.17, 15) is 4.79 Å². The second-order valence-electron chi connectivity index (χ2n) is 7.12. The van der Waals surface area contributed by atoms with Crippen LogP contribution in [0.15, 0.2) is 18.2 Å². The van der Waals surface area contributed by atoms with Crippen molar-refractivity contribution in [3.05, 3.63) is 29.3 Å². The minimum atomic E-state index is 0.000399. The molecule has 3 heteroatoms. The number of nitrogens with two attached hydrogens (primary N) is 1. The Morgan fingerprint density at radius 3 is 2.52 bits per heavy atom. The molecule has 0 aromatic heterocycles. The fourth-order valence-corrected chi connectivity index (χ4v) is 3.76. The van der Waals surface area contributed by atoms with Gasteiger partial charge in [0.05, 0.1) is 0 Å². The Kier molecular flexibility index (Phi) is 4.92. The van der Waals surface area contributed by atoms with Crippen molar-refractivity contribution in [2.75, 3.05) is 12.3 Å². The summed E-state index contributed by atoms with van der Waals surface area (Å²) in [6.07, 6.45) is 6.26. The van der Waals surface area contributed by atoms with Crippen molar-refractivity contribution in [3.8, 4) is 0 Å². The van der Waals surface area contributed by atoms with E-state index in [1.54, 1.807) is 6.07 Å². The number of carbonyl (C=O) groups excluding carboxylic acids is 1. The Bertz CT molecular complexity index is 482. The lowest BCUT2D eigenvalue weighted by Gasteiger charge is -2.31. The van der Waals surface area contributed by atoms with Crippen LogP contribution in [0.3, 0.4) is 0 Å². The van der Waals surface area contributed by atoms with Gasteiger partial charge in [0.1, 0.15) is 0 Å². The predicted molar refractivity (Wildman–Crippen MR) is 88.3 cm³/mol. The molecule has 0 spiro atoms. The molecule has 1 aliphatic carbocycles. The van der Waals surface area contributed by atoms with Gasteiger partial charge in [-0.15, -0.1) is 0 Å². The highest BCUT2D eigenvalue weighted by molar-refractivity contribution is 5.95. The summed E-state index contributed by atoms with van der Waals surface area (Å²) in [7, 11) is 0. The molecule has 1 aliphatic rings. The van der Waals surface area contributed by atoms with E-state index in [1.807, 2.05) is 19.1 Å². The highest BCUT2D eigenvalue weighted by atomic mass is 16.1. The zero-order valence-corrected chi connectivity index (χ0v) is 13.5. The molecule has 3 N–H and O–H groups in total. The van der Waals surface area contributed by atoms with E-state index in [1.165, 1.54) is 32.1 Å². The molecule has 0 aliphatic heterocycles. The molecule has 0 atom stereocenters. The predicted octanol–water partition coefficient (Wildman–Crippen LogP) is 3.91. The first-order valence-electron chi connectivity index (χ1n) is 8.06. The summed E-state index contributed by atoms with van der Waals surface area (Å²) in [4.78, 5) is 12.4. The summed E-state index contributed by atoms with van der Waals surface area (Å²) in [5.41, 5.74) is 8.48. The Morgan fingerprint density at radius 2 is 1.95 bits per heavy atom. The molecule has 1 aromatic carbocycles. The summed E-state index contributed by atoms with van der Waals surface area (Å²) in [5.74, 6) is 0.676. The van der Waals surface area contributed by atoms with Crippen molar-refractivity contribution in [2.24, 2.45) is 11.3 Å². The molecular weight excluding hydrogens is 260 g/mol. The molecule has 1 fully saturated rings. The van der Waals surface area contributed by atoms with E-state index in [2.05, 4.69) is 19.2 Å². The summed E-state index contributed by atoms with van der Waals surface area (Å²) >= 11 is 0. The molecule has 1 amide bonds. The van der Waals surface area contributed by atoms with E-state index in [0.29, 0.717) is 22.6 Å². The van der Waals surface area contributed by atoms with Crippen LogP contribution < -0.4 is 11.1 Å². The van der Waals surface area contributed by atoms with Gasteiger partial charge in [-0.3, -0.25) is 4.79 Å². The second kappa shape index (κ2) is 6.50. The second-order valence-corrected chi connectivity index (χ2v) is 7.12. The van der Waals surface area contributed by atoms with Gasteiger partial charge >= 0.3 is 0 Å². The van der Waals surface area contributed by atoms with Crippen LogP contribution in [0.25, 0.3) is 0 Å². The number of rotatable bonds is 5. The molecule has 0 bridgehead atoms. The largest absolute Gasteiger partial charge is 0.399 e. The molecule has 0 unspecified atom stereocenters. The van der Waals surface area contributed by atoms with Gasteiger partial charge in [0.25, 0.3) is 5.91 Å². The number of nitrogen functional groups attached to an aromatic ring is 1. The third-order valence-corrected chi connectivity index (χ3v) is 4.49. The standard InChI is InChI=1S/C18H28N2O/c1-13(2)11-18(6-4-5-7-18)12-20-17(21)15-8-14(3)9-16(19)10-15/h8-10,13H,4-7,11-12,19H2,1-3H3,(H,20,21). The van der Waals surface area contributed by atoms with Gasteiger partial charge in [0.15, 0.2) is 0 Å². The molecule has 0 radical (unpaired) electrons. The normalized spacial score (nSPS) is 17.1. The van der Waals surface area contributed by atoms with E-state index in [0.717, 1.165) is 12.1 Å². The topological polar surface area (TPSA) is 55.1 Å². The zero-order valence-electron chi connectivity index (χ0n) is 13.5. The number of hydrogen-bond acceptors (Lipinski definition) is 2. The molecule has 1 saturated carbocycles. The first-order chi connectivity index (χ1) is 9.90. The molecular formula is C18H28N2O. The molecule has 1 aromatic rings. The van der Waals surface area contributed by atoms with E-state index in [-0.39, 0.29) is 5.91 Å². The zero-order chi connectivity index (χ0) is 15.5. The minimum Gasteiger partial charge on any atom is -0.399 e. The molecule has 0 saturated heterocycles. The van der Waals surface area contributed by atoms with Gasteiger partial charge in [0, 0.05) is 17.8 Å². The lowest BCUT2D eigenvalue weighted by atomic mass is 9.78. The molecule has 2 rings (SSSR count). The Labute approximate surface area is 128 Å². The van der Waals surface area contributed by atoms with Crippen molar-refractivity contribution < 1.29 is 4.79 Å². The number of nitrogens with one attached hydrogen (secondary N) is 1. The fourth-order valence-electron chi connectivity index (χ4n) is 3.76. The van der Waals surface area contributed by atoms with Crippen LogP contribution in [0.1, 0.15) is 61.9 Å². The maximum atomic E-state index is 12.4. The maximum absolute atomic E-state index is 12.4. The van der Waals surface area contributed by atoms with Gasteiger partial charge in [-0.25, -0.2) is 0 Å². The quantitative estimate of drug-likeness (QED) is 0.807. The Balaban J connectivity index is 2.01. The van der Waals surface area contributed by atoms with Crippen LogP contribution in [0.5, 0.6) is 0 Å². The Morgan fingerprint density at radius 1 is 1.29 bits per heavy atom.